The Morgan fingerprint density at radius 2 is 1.97 bits per heavy atom. The lowest BCUT2D eigenvalue weighted by atomic mass is 10.0. The van der Waals surface area contributed by atoms with E-state index in [1.165, 1.54) is 6.07 Å². The van der Waals surface area contributed by atoms with Crippen molar-refractivity contribution in [2.45, 2.75) is 59.4 Å². The first-order chi connectivity index (χ1) is 15.3. The summed E-state index contributed by atoms with van der Waals surface area (Å²) in [6, 6.07) is 3.60. The van der Waals surface area contributed by atoms with E-state index >= 15 is 0 Å². The highest BCUT2D eigenvalue weighted by Crippen LogP contribution is 2.25. The average Bonchev–Trinajstić information content (AvgIpc) is 2.76. The molecule has 10 nitrogen and oxygen atoms in total. The Kier molecular flexibility index (Phi) is 13.9. The van der Waals surface area contributed by atoms with Gasteiger partial charge in [0.1, 0.15) is 11.8 Å². The fraction of sp³-hybridized carbons (Fsp3) is 0.500. The molecular weight excluding hydrogens is 418 g/mol. The Morgan fingerprint density at radius 1 is 1.31 bits per heavy atom. The molecular formula is C22H33N3O7. The summed E-state index contributed by atoms with van der Waals surface area (Å²) in [4.78, 5) is 59.1. The summed E-state index contributed by atoms with van der Waals surface area (Å²) in [6.07, 6.45) is 2.34. The third-order valence-corrected chi connectivity index (χ3v) is 4.22. The summed E-state index contributed by atoms with van der Waals surface area (Å²) in [7, 11) is 0. The number of imide groups is 2. The Labute approximate surface area is 188 Å². The number of hydrogen-bond donors (Lipinski definition) is 3. The van der Waals surface area contributed by atoms with E-state index < -0.39 is 36.3 Å². The Hall–Kier alpha value is -3.27. The Balaban J connectivity index is 0.00000121. The first kappa shape index (κ1) is 28.7. The third kappa shape index (κ3) is 8.84. The largest absolute Gasteiger partial charge is 0.483 e. The highest BCUT2D eigenvalue weighted by Gasteiger charge is 2.36. The molecule has 1 saturated heterocycles. The lowest BCUT2D eigenvalue weighted by Gasteiger charge is -2.29. The number of rotatable bonds is 8. The van der Waals surface area contributed by atoms with Crippen LogP contribution in [0.4, 0.5) is 0 Å². The molecule has 1 fully saturated rings. The van der Waals surface area contributed by atoms with Crippen LogP contribution < -0.4 is 15.8 Å². The quantitative estimate of drug-likeness (QED) is 0.394. The van der Waals surface area contributed by atoms with Crippen LogP contribution in [0.5, 0.6) is 5.75 Å². The van der Waals surface area contributed by atoms with E-state index in [0.29, 0.717) is 12.2 Å². The number of nitrogens with two attached hydrogens (primary N) is 1. The van der Waals surface area contributed by atoms with Gasteiger partial charge in [-0.3, -0.25) is 34.2 Å². The Bertz CT molecular complexity index is 794. The Morgan fingerprint density at radius 3 is 2.44 bits per heavy atom. The van der Waals surface area contributed by atoms with Crippen molar-refractivity contribution in [1.29, 1.82) is 0 Å². The number of carbonyl (C=O) groups is 5. The molecule has 0 aromatic heterocycles. The van der Waals surface area contributed by atoms with E-state index in [0.717, 1.165) is 17.7 Å². The SMILES string of the molecule is CC.CCCCO.Cc1cccc(OCC(N)=O)c1C(=O)N(C=O)C1CCC(=O)NC1=O. The van der Waals surface area contributed by atoms with E-state index in [9.17, 15) is 24.0 Å². The van der Waals surface area contributed by atoms with Crippen molar-refractivity contribution in [3.05, 3.63) is 29.3 Å². The predicted molar refractivity (Wildman–Crippen MR) is 118 cm³/mol. The second-order valence-corrected chi connectivity index (χ2v) is 6.56. The van der Waals surface area contributed by atoms with Crippen molar-refractivity contribution in [1.82, 2.24) is 10.2 Å². The molecule has 0 spiro atoms. The van der Waals surface area contributed by atoms with Crippen LogP contribution >= 0.6 is 0 Å². The van der Waals surface area contributed by atoms with Gasteiger partial charge in [-0.15, -0.1) is 0 Å². The van der Waals surface area contributed by atoms with Crippen molar-refractivity contribution in [3.8, 4) is 5.75 Å². The van der Waals surface area contributed by atoms with Crippen LogP contribution in [0.2, 0.25) is 0 Å². The minimum absolute atomic E-state index is 0.0207. The molecule has 4 N–H and O–H groups in total. The minimum atomic E-state index is -1.09. The number of aryl methyl sites for hydroxylation is 1. The summed E-state index contributed by atoms with van der Waals surface area (Å²) < 4.78 is 5.23. The van der Waals surface area contributed by atoms with E-state index in [2.05, 4.69) is 12.2 Å². The van der Waals surface area contributed by atoms with Gasteiger partial charge in [0, 0.05) is 13.0 Å². The molecule has 2 rings (SSSR count). The minimum Gasteiger partial charge on any atom is -0.483 e. The van der Waals surface area contributed by atoms with Crippen LogP contribution in [0.1, 0.15) is 62.4 Å². The summed E-state index contributed by atoms with van der Waals surface area (Å²) in [5, 5.41) is 10.2. The number of nitrogens with zero attached hydrogens (tertiary/aromatic N) is 1. The van der Waals surface area contributed by atoms with Crippen LogP contribution in [-0.2, 0) is 19.2 Å². The number of primary amides is 1. The zero-order valence-corrected chi connectivity index (χ0v) is 19.1. The number of carbonyl (C=O) groups excluding carboxylic acids is 5. The van der Waals surface area contributed by atoms with Crippen molar-refractivity contribution in [2.75, 3.05) is 13.2 Å². The molecule has 1 aromatic carbocycles. The lowest BCUT2D eigenvalue weighted by molar-refractivity contribution is -0.139. The maximum absolute atomic E-state index is 12.8. The number of nitrogens with one attached hydrogen (secondary N) is 1. The van der Waals surface area contributed by atoms with Gasteiger partial charge in [0.15, 0.2) is 6.61 Å². The van der Waals surface area contributed by atoms with E-state index in [1.807, 2.05) is 13.8 Å². The number of ether oxygens (including phenoxy) is 1. The summed E-state index contributed by atoms with van der Waals surface area (Å²) in [5.41, 5.74) is 5.57. The van der Waals surface area contributed by atoms with Gasteiger partial charge in [-0.05, 0) is 31.4 Å². The zero-order chi connectivity index (χ0) is 24.7. The smallest absolute Gasteiger partial charge is 0.265 e. The number of amides is 5. The highest BCUT2D eigenvalue weighted by molar-refractivity contribution is 6.08. The van der Waals surface area contributed by atoms with E-state index in [1.54, 1.807) is 19.1 Å². The van der Waals surface area contributed by atoms with Gasteiger partial charge in [0.2, 0.25) is 18.2 Å². The van der Waals surface area contributed by atoms with Crippen molar-refractivity contribution in [2.24, 2.45) is 5.73 Å². The number of piperidine rings is 1. The molecule has 0 bridgehead atoms. The molecule has 1 aromatic rings. The number of aliphatic hydroxyl groups excluding tert-OH is 1. The molecule has 1 atom stereocenters. The van der Waals surface area contributed by atoms with Gasteiger partial charge >= 0.3 is 0 Å². The van der Waals surface area contributed by atoms with Crippen LogP contribution in [-0.4, -0.2) is 59.3 Å². The maximum atomic E-state index is 12.8. The van der Waals surface area contributed by atoms with Gasteiger partial charge in [-0.25, -0.2) is 0 Å². The molecule has 0 aliphatic carbocycles. The van der Waals surface area contributed by atoms with Crippen LogP contribution in [0, 0.1) is 6.92 Å². The van der Waals surface area contributed by atoms with E-state index in [4.69, 9.17) is 15.6 Å². The maximum Gasteiger partial charge on any atom is 0.265 e. The first-order valence-electron chi connectivity index (χ1n) is 10.5. The van der Waals surface area contributed by atoms with Gasteiger partial charge in [-0.2, -0.15) is 0 Å². The predicted octanol–water partition coefficient (Wildman–Crippen LogP) is 1.07. The standard InChI is InChI=1S/C16H17N3O6.C4H10O.C2H6/c1-9-3-2-4-11(25-7-12(17)21)14(9)16(24)19(8-20)10-5-6-13(22)18-15(10)23;1-2-3-4-5;1-2/h2-4,8,10H,5-7H2,1H3,(H2,17,21)(H,18,22,23);5H,2-4H2,1H3;1-2H3. The number of hydrogen-bond acceptors (Lipinski definition) is 7. The van der Waals surface area contributed by atoms with Crippen molar-refractivity contribution >= 4 is 30.0 Å². The van der Waals surface area contributed by atoms with Gasteiger partial charge in [0.25, 0.3) is 11.8 Å². The molecule has 1 unspecified atom stereocenters. The van der Waals surface area contributed by atoms with Crippen LogP contribution in [0.3, 0.4) is 0 Å². The van der Waals surface area contributed by atoms with E-state index in [-0.39, 0.29) is 30.6 Å². The second kappa shape index (κ2) is 15.5. The van der Waals surface area contributed by atoms with Gasteiger partial charge in [0.05, 0.1) is 5.56 Å². The van der Waals surface area contributed by atoms with Crippen molar-refractivity contribution < 1.29 is 33.8 Å². The third-order valence-electron chi connectivity index (χ3n) is 4.22. The molecule has 1 aliphatic rings. The van der Waals surface area contributed by atoms with Crippen LogP contribution in [0.15, 0.2) is 18.2 Å². The summed E-state index contributed by atoms with van der Waals surface area (Å²) >= 11 is 0. The molecule has 32 heavy (non-hydrogen) atoms. The fourth-order valence-electron chi connectivity index (χ4n) is 2.68. The lowest BCUT2D eigenvalue weighted by Crippen LogP contribution is -2.54. The fourth-order valence-corrected chi connectivity index (χ4v) is 2.68. The summed E-state index contributed by atoms with van der Waals surface area (Å²) in [5.74, 6) is -2.59. The number of benzene rings is 1. The molecule has 1 heterocycles. The van der Waals surface area contributed by atoms with Gasteiger partial charge < -0.3 is 15.6 Å². The van der Waals surface area contributed by atoms with Gasteiger partial charge in [-0.1, -0.05) is 39.3 Å². The number of aliphatic hydroxyl groups is 1. The first-order valence-corrected chi connectivity index (χ1v) is 10.5. The van der Waals surface area contributed by atoms with Crippen LogP contribution in [0.25, 0.3) is 0 Å². The molecule has 0 radical (unpaired) electrons. The molecule has 1 aliphatic heterocycles. The number of unbranched alkanes of at least 4 members (excludes halogenated alkanes) is 1. The van der Waals surface area contributed by atoms with Crippen molar-refractivity contribution in [3.63, 3.8) is 0 Å². The molecule has 0 saturated carbocycles. The summed E-state index contributed by atoms with van der Waals surface area (Å²) in [6.45, 7) is 7.58. The molecule has 178 valence electrons. The monoisotopic (exact) mass is 451 g/mol. The second-order valence-electron chi connectivity index (χ2n) is 6.56. The zero-order valence-electron chi connectivity index (χ0n) is 19.1. The molecule has 10 heteroatoms. The topological polar surface area (TPSA) is 156 Å². The normalized spacial score (nSPS) is 14.6. The highest BCUT2D eigenvalue weighted by atomic mass is 16.5. The average molecular weight is 452 g/mol. The molecule has 5 amide bonds.